The van der Waals surface area contributed by atoms with Crippen LogP contribution in [-0.4, -0.2) is 24.3 Å². The molecular weight excluding hydrogens is 284 g/mol. The van der Waals surface area contributed by atoms with Crippen molar-refractivity contribution in [1.82, 2.24) is 10.6 Å². The van der Waals surface area contributed by atoms with Crippen LogP contribution in [0.15, 0.2) is 17.5 Å². The first-order chi connectivity index (χ1) is 9.81. The van der Waals surface area contributed by atoms with Gasteiger partial charge in [0.25, 0.3) is 0 Å². The predicted octanol–water partition coefficient (Wildman–Crippen LogP) is 4.09. The first-order valence-corrected chi connectivity index (χ1v) is 8.46. The Bertz CT molecular complexity index is 412. The van der Waals surface area contributed by atoms with E-state index in [1.807, 2.05) is 20.8 Å². The summed E-state index contributed by atoms with van der Waals surface area (Å²) in [6, 6.07) is 4.78. The van der Waals surface area contributed by atoms with Crippen molar-refractivity contribution in [3.63, 3.8) is 0 Å². The highest BCUT2D eigenvalue weighted by Crippen LogP contribution is 2.23. The summed E-state index contributed by atoms with van der Waals surface area (Å²) in [5, 5.41) is 8.49. The maximum Gasteiger partial charge on any atom is 0.407 e. The van der Waals surface area contributed by atoms with Crippen LogP contribution in [0.3, 0.4) is 0 Å². The van der Waals surface area contributed by atoms with Gasteiger partial charge in [0, 0.05) is 23.5 Å². The molecule has 4 nitrogen and oxygen atoms in total. The average molecular weight is 312 g/mol. The molecule has 0 bridgehead atoms. The van der Waals surface area contributed by atoms with Crippen molar-refractivity contribution in [2.24, 2.45) is 0 Å². The van der Waals surface area contributed by atoms with E-state index in [0.717, 1.165) is 12.8 Å². The zero-order chi connectivity index (χ0) is 15.9. The number of amides is 1. The summed E-state index contributed by atoms with van der Waals surface area (Å²) >= 11 is 1.77. The zero-order valence-corrected chi connectivity index (χ0v) is 14.5. The number of hydrogen-bond donors (Lipinski definition) is 2. The van der Waals surface area contributed by atoms with E-state index in [0.29, 0.717) is 12.6 Å². The van der Waals surface area contributed by atoms with Crippen molar-refractivity contribution in [3.8, 4) is 0 Å². The molecule has 0 radical (unpaired) electrons. The molecule has 0 aromatic carbocycles. The lowest BCUT2D eigenvalue weighted by Crippen LogP contribution is -2.42. The van der Waals surface area contributed by atoms with Gasteiger partial charge in [-0.1, -0.05) is 19.4 Å². The first-order valence-electron chi connectivity index (χ1n) is 7.58. The summed E-state index contributed by atoms with van der Waals surface area (Å²) in [6.07, 6.45) is 1.86. The van der Waals surface area contributed by atoms with E-state index in [9.17, 15) is 4.79 Å². The van der Waals surface area contributed by atoms with E-state index in [1.54, 1.807) is 11.3 Å². The van der Waals surface area contributed by atoms with Crippen LogP contribution in [0, 0.1) is 0 Å². The van der Waals surface area contributed by atoms with E-state index in [1.165, 1.54) is 4.88 Å². The van der Waals surface area contributed by atoms with E-state index in [4.69, 9.17) is 4.74 Å². The summed E-state index contributed by atoms with van der Waals surface area (Å²) in [5.74, 6) is 0. The Morgan fingerprint density at radius 3 is 2.67 bits per heavy atom. The molecule has 21 heavy (non-hydrogen) atoms. The largest absolute Gasteiger partial charge is 0.444 e. The van der Waals surface area contributed by atoms with Crippen LogP contribution in [0.4, 0.5) is 4.79 Å². The topological polar surface area (TPSA) is 50.4 Å². The number of nitrogens with one attached hydrogen (secondary N) is 2. The Kier molecular flexibility index (Phi) is 7.18. The molecule has 0 spiro atoms. The molecule has 0 aliphatic rings. The van der Waals surface area contributed by atoms with Gasteiger partial charge in [0.05, 0.1) is 0 Å². The van der Waals surface area contributed by atoms with Crippen molar-refractivity contribution in [3.05, 3.63) is 22.4 Å². The molecule has 1 aromatic rings. The van der Waals surface area contributed by atoms with Gasteiger partial charge in [-0.2, -0.15) is 0 Å². The third-order valence-electron chi connectivity index (χ3n) is 2.90. The van der Waals surface area contributed by atoms with Crippen LogP contribution in [-0.2, 0) is 4.74 Å². The SMILES string of the molecule is CCCC(NC(C)CNC(=O)OC(C)(C)C)c1cccs1. The van der Waals surface area contributed by atoms with Crippen LogP contribution in [0.25, 0.3) is 0 Å². The Balaban J connectivity index is 2.40. The fourth-order valence-corrected chi connectivity index (χ4v) is 2.86. The van der Waals surface area contributed by atoms with Crippen molar-refractivity contribution in [1.29, 1.82) is 0 Å². The number of rotatable bonds is 7. The fraction of sp³-hybridized carbons (Fsp3) is 0.688. The van der Waals surface area contributed by atoms with Crippen LogP contribution in [0.1, 0.15) is 58.4 Å². The van der Waals surface area contributed by atoms with Gasteiger partial charge in [0.1, 0.15) is 5.60 Å². The van der Waals surface area contributed by atoms with E-state index < -0.39 is 5.60 Å². The molecule has 0 saturated heterocycles. The number of alkyl carbamates (subject to hydrolysis) is 1. The minimum atomic E-state index is -0.456. The normalized spacial score (nSPS) is 14.5. The van der Waals surface area contributed by atoms with Crippen LogP contribution < -0.4 is 10.6 Å². The minimum absolute atomic E-state index is 0.191. The van der Waals surface area contributed by atoms with E-state index >= 15 is 0 Å². The van der Waals surface area contributed by atoms with Crippen LogP contribution >= 0.6 is 11.3 Å². The van der Waals surface area contributed by atoms with Gasteiger partial charge >= 0.3 is 6.09 Å². The maximum absolute atomic E-state index is 11.6. The molecule has 5 heteroatoms. The number of hydrogen-bond acceptors (Lipinski definition) is 4. The third kappa shape index (κ3) is 7.48. The van der Waals surface area contributed by atoms with Gasteiger partial charge in [0.15, 0.2) is 0 Å². The molecule has 120 valence electrons. The number of carbonyl (C=O) groups excluding carboxylic acids is 1. The van der Waals surface area contributed by atoms with Crippen molar-refractivity contribution in [2.75, 3.05) is 6.54 Å². The van der Waals surface area contributed by atoms with Gasteiger partial charge in [-0.15, -0.1) is 11.3 Å². The molecule has 1 heterocycles. The zero-order valence-electron chi connectivity index (χ0n) is 13.7. The third-order valence-corrected chi connectivity index (χ3v) is 3.89. The van der Waals surface area contributed by atoms with Gasteiger partial charge < -0.3 is 15.4 Å². The van der Waals surface area contributed by atoms with Crippen molar-refractivity contribution >= 4 is 17.4 Å². The number of carbonyl (C=O) groups is 1. The predicted molar refractivity (Wildman–Crippen MR) is 88.8 cm³/mol. The van der Waals surface area contributed by atoms with E-state index in [2.05, 4.69) is 42.0 Å². The smallest absolute Gasteiger partial charge is 0.407 e. The second-order valence-corrected chi connectivity index (χ2v) is 7.29. The van der Waals surface area contributed by atoms with Crippen LogP contribution in [0.2, 0.25) is 0 Å². The molecule has 2 atom stereocenters. The molecule has 1 aromatic heterocycles. The molecule has 2 unspecified atom stereocenters. The molecule has 1 amide bonds. The molecule has 1 rings (SSSR count). The summed E-state index contributed by atoms with van der Waals surface area (Å²) in [6.45, 7) is 10.4. The Morgan fingerprint density at radius 1 is 1.43 bits per heavy atom. The van der Waals surface area contributed by atoms with Crippen molar-refractivity contribution in [2.45, 2.75) is 65.1 Å². The molecule has 0 aliphatic heterocycles. The van der Waals surface area contributed by atoms with Crippen LogP contribution in [0.5, 0.6) is 0 Å². The standard InChI is InChI=1S/C16H28N2O2S/c1-6-8-13(14-9-7-10-21-14)18-12(2)11-17-15(19)20-16(3,4)5/h7,9-10,12-13,18H,6,8,11H2,1-5H3,(H,17,19). The summed E-state index contributed by atoms with van der Waals surface area (Å²) in [5.41, 5.74) is -0.456. The van der Waals surface area contributed by atoms with E-state index in [-0.39, 0.29) is 12.1 Å². The quantitative estimate of drug-likeness (QED) is 0.797. The Morgan fingerprint density at radius 2 is 2.14 bits per heavy atom. The Labute approximate surface area is 132 Å². The van der Waals surface area contributed by atoms with Crippen molar-refractivity contribution < 1.29 is 9.53 Å². The summed E-state index contributed by atoms with van der Waals surface area (Å²) in [4.78, 5) is 13.0. The highest BCUT2D eigenvalue weighted by molar-refractivity contribution is 7.10. The molecule has 0 aliphatic carbocycles. The average Bonchev–Trinajstić information content (AvgIpc) is 2.87. The Hall–Kier alpha value is -1.07. The van der Waals surface area contributed by atoms with Gasteiger partial charge in [-0.25, -0.2) is 4.79 Å². The summed E-state index contributed by atoms with van der Waals surface area (Å²) < 4.78 is 5.24. The number of ether oxygens (including phenoxy) is 1. The lowest BCUT2D eigenvalue weighted by Gasteiger charge is -2.24. The minimum Gasteiger partial charge on any atom is -0.444 e. The molecule has 2 N–H and O–H groups in total. The monoisotopic (exact) mass is 312 g/mol. The summed E-state index contributed by atoms with van der Waals surface area (Å²) in [7, 11) is 0. The lowest BCUT2D eigenvalue weighted by atomic mass is 10.1. The lowest BCUT2D eigenvalue weighted by molar-refractivity contribution is 0.0522. The van der Waals surface area contributed by atoms with Gasteiger partial charge in [-0.3, -0.25) is 0 Å². The maximum atomic E-state index is 11.6. The highest BCUT2D eigenvalue weighted by Gasteiger charge is 2.18. The number of thiophene rings is 1. The molecular formula is C16H28N2O2S. The van der Waals surface area contributed by atoms with Gasteiger partial charge in [0.2, 0.25) is 0 Å². The second-order valence-electron chi connectivity index (χ2n) is 6.31. The first kappa shape index (κ1) is 18.0. The second kappa shape index (κ2) is 8.39. The van der Waals surface area contributed by atoms with Gasteiger partial charge in [-0.05, 0) is 45.6 Å². The molecule has 0 saturated carbocycles. The highest BCUT2D eigenvalue weighted by atomic mass is 32.1. The fourth-order valence-electron chi connectivity index (χ4n) is 2.04. The molecule has 0 fully saturated rings.